The molecule has 0 spiro atoms. The Morgan fingerprint density at radius 2 is 0.805 bits per heavy atom. The third-order valence-electron chi connectivity index (χ3n) is 9.72. The third kappa shape index (κ3) is 22.3. The summed E-state index contributed by atoms with van der Waals surface area (Å²) in [5.74, 6) is -6.77. The van der Waals surface area contributed by atoms with E-state index in [2.05, 4.69) is 18.9 Å². The Labute approximate surface area is 469 Å². The lowest BCUT2D eigenvalue weighted by Crippen LogP contribution is -2.19. The van der Waals surface area contributed by atoms with E-state index in [9.17, 15) is 68.4 Å². The van der Waals surface area contributed by atoms with Crippen LogP contribution >= 0.6 is 0 Å². The van der Waals surface area contributed by atoms with Gasteiger partial charge in [0.05, 0.1) is 50.6 Å². The van der Waals surface area contributed by atoms with Crippen molar-refractivity contribution in [1.29, 1.82) is 0 Å². The Morgan fingerprint density at radius 1 is 0.427 bits per heavy atom. The molecule has 444 valence electrons. The Balaban J connectivity index is 0.000000503. The average Bonchev–Trinajstić information content (AvgIpc) is 3.52. The third-order valence-corrected chi connectivity index (χ3v) is 9.72. The molecule has 26 heteroatoms. The maximum absolute atomic E-state index is 12.0. The number of phenolic OH excluding ortho intramolecular Hbond substituents is 6. The highest BCUT2D eigenvalue weighted by Gasteiger charge is 2.19. The molecule has 0 radical (unpaired) electrons. The van der Waals surface area contributed by atoms with Crippen LogP contribution in [0.15, 0.2) is 91.2 Å². The number of hydrogen-bond donors (Lipinski definition) is 6. The van der Waals surface area contributed by atoms with Gasteiger partial charge in [-0.1, -0.05) is 0 Å². The van der Waals surface area contributed by atoms with Gasteiger partial charge in [0.1, 0.15) is 56.6 Å². The number of carbonyl (C=O) groups is 8. The maximum Gasteiger partial charge on any atom is 0.417 e. The number of carbonyl (C=O) groups excluding carboxylic acids is 8. The smallest absolute Gasteiger partial charge is 0.417 e. The number of esters is 6. The van der Waals surface area contributed by atoms with E-state index in [1.54, 1.807) is 85.6 Å². The number of ketones is 2. The summed E-state index contributed by atoms with van der Waals surface area (Å²) in [5, 5.41) is 56.4. The van der Waals surface area contributed by atoms with Crippen molar-refractivity contribution in [2.24, 2.45) is 0 Å². The van der Waals surface area contributed by atoms with Gasteiger partial charge in [-0.3, -0.25) is 19.2 Å². The van der Waals surface area contributed by atoms with Crippen molar-refractivity contribution >= 4 is 80.7 Å². The number of hydrogen-bond acceptors (Lipinski definition) is 26. The number of fused-ring (bicyclic) bond motifs is 2. The zero-order chi connectivity index (χ0) is 62.6. The van der Waals surface area contributed by atoms with E-state index in [1.807, 2.05) is 0 Å². The van der Waals surface area contributed by atoms with Crippen molar-refractivity contribution < 1.29 is 106 Å². The molecular formula is C56H66N2O24. The Bertz CT molecular complexity index is 3230. The second-order valence-corrected chi connectivity index (χ2v) is 16.3. The first-order chi connectivity index (χ1) is 38.5. The summed E-state index contributed by atoms with van der Waals surface area (Å²) >= 11 is 0. The summed E-state index contributed by atoms with van der Waals surface area (Å²) in [4.78, 5) is 114. The summed E-state index contributed by atoms with van der Waals surface area (Å²) in [7, 11) is 7.13. The molecule has 0 saturated carbocycles. The minimum atomic E-state index is -0.927. The first-order valence-corrected chi connectivity index (χ1v) is 24.6. The van der Waals surface area contributed by atoms with Crippen LogP contribution in [0.4, 0.5) is 11.4 Å². The Hall–Kier alpha value is -10.1. The zero-order valence-electron chi connectivity index (χ0n) is 47.1. The quantitative estimate of drug-likeness (QED) is 0.0257. The number of benzene rings is 4. The lowest BCUT2D eigenvalue weighted by molar-refractivity contribution is -0.167. The molecule has 2 heterocycles. The van der Waals surface area contributed by atoms with Gasteiger partial charge >= 0.3 is 35.8 Å². The van der Waals surface area contributed by atoms with Crippen molar-refractivity contribution in [2.45, 2.75) is 55.4 Å². The molecule has 0 aliphatic carbocycles. The molecule has 0 bridgehead atoms. The van der Waals surface area contributed by atoms with Crippen LogP contribution in [0, 0.1) is 0 Å². The number of aromatic hydroxyl groups is 6. The lowest BCUT2D eigenvalue weighted by atomic mass is 10.1. The normalized spacial score (nSPS) is 9.80. The van der Waals surface area contributed by atoms with Gasteiger partial charge in [-0.15, -0.1) is 0 Å². The summed E-state index contributed by atoms with van der Waals surface area (Å²) < 4.78 is 37.5. The van der Waals surface area contributed by atoms with Crippen LogP contribution < -0.4 is 20.7 Å². The van der Waals surface area contributed by atoms with Crippen LogP contribution in [0.2, 0.25) is 0 Å². The van der Waals surface area contributed by atoms with E-state index in [4.69, 9.17) is 28.5 Å². The molecule has 82 heavy (non-hydrogen) atoms. The number of nitrogens with zero attached hydrogens (tertiary/aromatic N) is 2. The van der Waals surface area contributed by atoms with E-state index in [0.717, 1.165) is 12.1 Å². The van der Waals surface area contributed by atoms with Crippen LogP contribution in [0.3, 0.4) is 0 Å². The molecular weight excluding hydrogens is 1080 g/mol. The van der Waals surface area contributed by atoms with Gasteiger partial charge in [0.25, 0.3) is 0 Å². The van der Waals surface area contributed by atoms with Gasteiger partial charge < -0.3 is 77.7 Å². The van der Waals surface area contributed by atoms with Gasteiger partial charge in [-0.25, -0.2) is 28.8 Å². The van der Waals surface area contributed by atoms with E-state index in [0.29, 0.717) is 11.4 Å². The van der Waals surface area contributed by atoms with Gasteiger partial charge in [-0.05, 0) is 91.8 Å². The minimum absolute atomic E-state index is 0.0204. The number of Topliss-reactive ketones (excluding diaryl/α,β-unsaturated/α-hetero) is 2. The molecule has 0 saturated heterocycles. The molecule has 2 aromatic heterocycles. The zero-order valence-corrected chi connectivity index (χ0v) is 47.1. The molecule has 0 aliphatic heterocycles. The highest BCUT2D eigenvalue weighted by Crippen LogP contribution is 2.33. The van der Waals surface area contributed by atoms with Gasteiger partial charge in [-0.2, -0.15) is 0 Å². The number of ether oxygens (including phenoxy) is 6. The van der Waals surface area contributed by atoms with E-state index >= 15 is 0 Å². The van der Waals surface area contributed by atoms with Crippen molar-refractivity contribution in [3.63, 3.8) is 0 Å². The van der Waals surface area contributed by atoms with Gasteiger partial charge in [0, 0.05) is 76.0 Å². The fraction of sp³-hybridized carbons (Fsp3) is 0.321. The van der Waals surface area contributed by atoms with Crippen molar-refractivity contribution in [2.75, 3.05) is 77.6 Å². The number of phenols is 6. The maximum atomic E-state index is 12.0. The van der Waals surface area contributed by atoms with Crippen LogP contribution in [-0.4, -0.2) is 146 Å². The standard InChI is InChI=1S/C14H15NO5.C12H10O5.C10H13NO3.C8H8O3.2C6H10O4/c1-4-19-14(18)12-7-10(17)13-9(16)5-8(15(2)3)6-11(13)20-12;1-2-16-12(15)11-6-9(14)8-5-7(13)3-4-10(8)17-11;1-6(12)10-8(13)4-7(11(2)3)5-9(10)14;1-5(9)7-4-6(10)2-3-8(7)11;2*1-3-9-5(7)6(8)10-4-2/h5-7,16H,4H2,1-3H3;3-6,13H,2H2,1H3;4-5,13-14H,1-3H3;2-4,10-11H,1H3;2*3-4H2,1-2H3. The molecule has 0 amide bonds. The Morgan fingerprint density at radius 3 is 1.20 bits per heavy atom. The summed E-state index contributed by atoms with van der Waals surface area (Å²) in [6.07, 6.45) is 0. The van der Waals surface area contributed by atoms with Crippen LogP contribution in [0.1, 0.15) is 97.2 Å². The van der Waals surface area contributed by atoms with Crippen molar-refractivity contribution in [3.05, 3.63) is 116 Å². The molecule has 6 rings (SSSR count). The lowest BCUT2D eigenvalue weighted by Gasteiger charge is -2.14. The average molecular weight is 1150 g/mol. The number of rotatable bonds is 12. The fourth-order valence-electron chi connectivity index (χ4n) is 6.04. The molecule has 0 atom stereocenters. The molecule has 6 aromatic rings. The molecule has 6 N–H and O–H groups in total. The van der Waals surface area contributed by atoms with Gasteiger partial charge in [0.2, 0.25) is 11.5 Å². The van der Waals surface area contributed by atoms with Crippen LogP contribution in [-0.2, 0) is 47.6 Å². The largest absolute Gasteiger partial charge is 0.508 e. The number of anilines is 2. The first-order valence-electron chi connectivity index (χ1n) is 24.6. The van der Waals surface area contributed by atoms with Crippen molar-refractivity contribution in [1.82, 2.24) is 0 Å². The molecule has 0 fully saturated rings. The topological polar surface area (TPSA) is 380 Å². The minimum Gasteiger partial charge on any atom is -0.508 e. The van der Waals surface area contributed by atoms with Crippen LogP contribution in [0.25, 0.3) is 21.9 Å². The molecule has 0 aliphatic rings. The predicted octanol–water partition coefficient (Wildman–Crippen LogP) is 6.31. The predicted molar refractivity (Wildman–Crippen MR) is 295 cm³/mol. The van der Waals surface area contributed by atoms with Crippen LogP contribution in [0.5, 0.6) is 34.5 Å². The highest BCUT2D eigenvalue weighted by atomic mass is 16.6. The first kappa shape index (κ1) is 69.9. The van der Waals surface area contributed by atoms with E-state index in [1.165, 1.54) is 68.4 Å². The van der Waals surface area contributed by atoms with Crippen molar-refractivity contribution in [3.8, 4) is 34.5 Å². The highest BCUT2D eigenvalue weighted by molar-refractivity contribution is 6.30. The van der Waals surface area contributed by atoms with E-state index < -0.39 is 46.7 Å². The Kier molecular flexibility index (Phi) is 29.6. The molecule has 0 unspecified atom stereocenters. The van der Waals surface area contributed by atoms with Gasteiger partial charge in [0.15, 0.2) is 22.4 Å². The second kappa shape index (κ2) is 34.7. The molecule has 26 nitrogen and oxygen atoms in total. The SMILES string of the molecule is CC(=O)c1c(O)cc(N(C)C)cc1O.CC(=O)c1cc(O)ccc1O.CCOC(=O)C(=O)OCC.CCOC(=O)C(=O)OCC.CCOC(=O)c1cc(=O)c2c(O)cc(N(C)C)cc2o1.CCOC(=O)c1cc(=O)c2cc(O)ccc2o1. The summed E-state index contributed by atoms with van der Waals surface area (Å²) in [5.41, 5.74) is 0.898. The fourth-order valence-corrected chi connectivity index (χ4v) is 6.04. The van der Waals surface area contributed by atoms with E-state index in [-0.39, 0.29) is 130 Å². The second-order valence-electron chi connectivity index (χ2n) is 16.3. The summed E-state index contributed by atoms with van der Waals surface area (Å²) in [6.45, 7) is 13.6. The summed E-state index contributed by atoms with van der Waals surface area (Å²) in [6, 6.07) is 15.9. The molecule has 4 aromatic carbocycles. The monoisotopic (exact) mass is 1150 g/mol.